The molecular formula is C20H18FN3O5. The maximum absolute atomic E-state index is 13.4. The number of nitrogens with one attached hydrogen (secondary N) is 2. The van der Waals surface area contributed by atoms with Gasteiger partial charge in [-0.05, 0) is 35.9 Å². The molecule has 2 aromatic carbocycles. The summed E-state index contributed by atoms with van der Waals surface area (Å²) in [6.45, 7) is 0. The zero-order chi connectivity index (χ0) is 21.0. The van der Waals surface area contributed by atoms with E-state index in [0.29, 0.717) is 11.3 Å². The smallest absolute Gasteiger partial charge is 0.305 e. The Morgan fingerprint density at radius 1 is 1.21 bits per heavy atom. The summed E-state index contributed by atoms with van der Waals surface area (Å²) in [5.74, 6) is -1.71. The van der Waals surface area contributed by atoms with Crippen LogP contribution in [0.15, 0.2) is 59.4 Å². The third kappa shape index (κ3) is 4.70. The van der Waals surface area contributed by atoms with Crippen molar-refractivity contribution in [2.45, 2.75) is 12.5 Å². The van der Waals surface area contributed by atoms with Crippen LogP contribution in [0.1, 0.15) is 28.5 Å². The minimum Gasteiger partial charge on any atom is -0.497 e. The summed E-state index contributed by atoms with van der Waals surface area (Å²) in [5, 5.41) is 14.4. The highest BCUT2D eigenvalue weighted by atomic mass is 19.1. The lowest BCUT2D eigenvalue weighted by atomic mass is 10.0. The van der Waals surface area contributed by atoms with Gasteiger partial charge < -0.3 is 15.2 Å². The summed E-state index contributed by atoms with van der Waals surface area (Å²) >= 11 is 0. The molecule has 0 aliphatic carbocycles. The average molecular weight is 399 g/mol. The van der Waals surface area contributed by atoms with E-state index in [0.717, 1.165) is 16.8 Å². The number of aliphatic carboxylic acids is 1. The van der Waals surface area contributed by atoms with E-state index in [1.165, 1.54) is 25.3 Å². The highest BCUT2D eigenvalue weighted by molar-refractivity contribution is 5.92. The predicted molar refractivity (Wildman–Crippen MR) is 102 cm³/mol. The Balaban J connectivity index is 1.85. The van der Waals surface area contributed by atoms with Crippen molar-refractivity contribution in [3.8, 4) is 11.4 Å². The van der Waals surface area contributed by atoms with Crippen molar-refractivity contribution in [2.24, 2.45) is 0 Å². The van der Waals surface area contributed by atoms with Crippen molar-refractivity contribution >= 4 is 11.9 Å². The van der Waals surface area contributed by atoms with Gasteiger partial charge in [-0.15, -0.1) is 0 Å². The molecule has 3 aromatic rings. The summed E-state index contributed by atoms with van der Waals surface area (Å²) < 4.78 is 19.5. The van der Waals surface area contributed by atoms with Gasteiger partial charge in [0.1, 0.15) is 17.3 Å². The van der Waals surface area contributed by atoms with Crippen LogP contribution >= 0.6 is 0 Å². The topological polar surface area (TPSA) is 113 Å². The Morgan fingerprint density at radius 3 is 2.55 bits per heavy atom. The number of aromatic nitrogens is 2. The number of aromatic amines is 1. The molecule has 1 heterocycles. The lowest BCUT2D eigenvalue weighted by Gasteiger charge is -2.17. The molecule has 8 nitrogen and oxygen atoms in total. The number of benzene rings is 2. The number of methoxy groups -OCH3 is 1. The van der Waals surface area contributed by atoms with E-state index in [2.05, 4.69) is 10.4 Å². The first kappa shape index (κ1) is 19.9. The van der Waals surface area contributed by atoms with Crippen LogP contribution in [0.3, 0.4) is 0 Å². The minimum atomic E-state index is -1.10. The van der Waals surface area contributed by atoms with Crippen LogP contribution in [-0.4, -0.2) is 33.9 Å². The molecule has 0 saturated carbocycles. The molecule has 1 aromatic heterocycles. The van der Waals surface area contributed by atoms with Gasteiger partial charge in [-0.25, -0.2) is 9.07 Å². The van der Waals surface area contributed by atoms with E-state index in [-0.39, 0.29) is 17.8 Å². The SMILES string of the molecule is COc1ccc([C@H](CC(=O)O)NC(=O)c2cc(=O)n(-c3cccc(F)c3)[nH]2)cc1. The second-order valence-electron chi connectivity index (χ2n) is 6.22. The maximum Gasteiger partial charge on any atom is 0.305 e. The number of ether oxygens (including phenoxy) is 1. The Morgan fingerprint density at radius 2 is 1.93 bits per heavy atom. The third-order valence-corrected chi connectivity index (χ3v) is 4.23. The first-order valence-corrected chi connectivity index (χ1v) is 8.62. The molecule has 29 heavy (non-hydrogen) atoms. The number of nitrogens with zero attached hydrogens (tertiary/aromatic N) is 1. The van der Waals surface area contributed by atoms with E-state index in [4.69, 9.17) is 4.74 Å². The normalized spacial score (nSPS) is 11.7. The molecule has 0 aliphatic rings. The first-order valence-electron chi connectivity index (χ1n) is 8.62. The van der Waals surface area contributed by atoms with Gasteiger partial charge in [-0.1, -0.05) is 18.2 Å². The molecule has 0 saturated heterocycles. The predicted octanol–water partition coefficient (Wildman–Crippen LogP) is 2.26. The zero-order valence-corrected chi connectivity index (χ0v) is 15.4. The number of carbonyl (C=O) groups excluding carboxylic acids is 1. The molecule has 0 bridgehead atoms. The molecule has 3 N–H and O–H groups in total. The number of hydrogen-bond donors (Lipinski definition) is 3. The zero-order valence-electron chi connectivity index (χ0n) is 15.4. The van der Waals surface area contributed by atoms with Crippen molar-refractivity contribution in [1.82, 2.24) is 15.1 Å². The molecule has 0 unspecified atom stereocenters. The lowest BCUT2D eigenvalue weighted by Crippen LogP contribution is -2.30. The monoisotopic (exact) mass is 399 g/mol. The molecule has 0 radical (unpaired) electrons. The standard InChI is InChI=1S/C20H18FN3O5/c1-29-15-7-5-12(6-8-15)16(11-19(26)27)22-20(28)17-10-18(25)24(23-17)14-4-2-3-13(21)9-14/h2-10,16,23H,11H2,1H3,(H,22,28)(H,26,27)/t16-/m0/s1. The van der Waals surface area contributed by atoms with E-state index < -0.39 is 29.3 Å². The minimum absolute atomic E-state index is 0.0804. The maximum atomic E-state index is 13.4. The Kier molecular flexibility index (Phi) is 5.77. The van der Waals surface area contributed by atoms with Gasteiger partial charge in [-0.3, -0.25) is 19.5 Å². The van der Waals surface area contributed by atoms with Crippen LogP contribution in [0.2, 0.25) is 0 Å². The van der Waals surface area contributed by atoms with E-state index >= 15 is 0 Å². The van der Waals surface area contributed by atoms with Crippen LogP contribution in [0.5, 0.6) is 5.75 Å². The van der Waals surface area contributed by atoms with Crippen molar-refractivity contribution in [1.29, 1.82) is 0 Å². The van der Waals surface area contributed by atoms with Crippen LogP contribution < -0.4 is 15.6 Å². The number of halogens is 1. The van der Waals surface area contributed by atoms with Crippen LogP contribution in [0.4, 0.5) is 4.39 Å². The Labute approximate surface area is 164 Å². The van der Waals surface area contributed by atoms with Crippen LogP contribution in [0.25, 0.3) is 5.69 Å². The van der Waals surface area contributed by atoms with Gasteiger partial charge in [0.25, 0.3) is 11.5 Å². The fourth-order valence-corrected chi connectivity index (χ4v) is 2.82. The largest absolute Gasteiger partial charge is 0.497 e. The summed E-state index contributed by atoms with van der Waals surface area (Å²) in [7, 11) is 1.51. The van der Waals surface area contributed by atoms with Gasteiger partial charge >= 0.3 is 5.97 Å². The number of H-pyrrole nitrogens is 1. The number of hydrogen-bond acceptors (Lipinski definition) is 4. The highest BCUT2D eigenvalue weighted by Gasteiger charge is 2.21. The van der Waals surface area contributed by atoms with E-state index in [9.17, 15) is 23.9 Å². The summed E-state index contributed by atoms with van der Waals surface area (Å²) in [6.07, 6.45) is -0.354. The highest BCUT2D eigenvalue weighted by Crippen LogP contribution is 2.21. The Bertz CT molecular complexity index is 1090. The number of carboxylic acids is 1. The Hall–Kier alpha value is -3.88. The van der Waals surface area contributed by atoms with Crippen molar-refractivity contribution < 1.29 is 23.8 Å². The number of rotatable bonds is 7. The quantitative estimate of drug-likeness (QED) is 0.564. The van der Waals surface area contributed by atoms with E-state index in [1.54, 1.807) is 24.3 Å². The van der Waals surface area contributed by atoms with Gasteiger partial charge in [0.15, 0.2) is 0 Å². The summed E-state index contributed by atoms with van der Waals surface area (Å²) in [4.78, 5) is 36.0. The molecule has 3 rings (SSSR count). The van der Waals surface area contributed by atoms with Crippen molar-refractivity contribution in [3.05, 3.63) is 82.0 Å². The molecule has 1 amide bonds. The average Bonchev–Trinajstić information content (AvgIpc) is 3.09. The molecule has 150 valence electrons. The second kappa shape index (κ2) is 8.42. The molecule has 0 aliphatic heterocycles. The fraction of sp³-hybridized carbons (Fsp3) is 0.150. The molecule has 1 atom stereocenters. The number of carboxylic acid groups (broad SMARTS) is 1. The third-order valence-electron chi connectivity index (χ3n) is 4.23. The van der Waals surface area contributed by atoms with Gasteiger partial charge in [0.05, 0.1) is 25.3 Å². The first-order chi connectivity index (χ1) is 13.9. The lowest BCUT2D eigenvalue weighted by molar-refractivity contribution is -0.137. The van der Waals surface area contributed by atoms with Gasteiger partial charge in [0, 0.05) is 6.07 Å². The van der Waals surface area contributed by atoms with Crippen molar-refractivity contribution in [2.75, 3.05) is 7.11 Å². The molecule has 0 fully saturated rings. The molecular weight excluding hydrogens is 381 g/mol. The fourth-order valence-electron chi connectivity index (χ4n) is 2.82. The van der Waals surface area contributed by atoms with Crippen molar-refractivity contribution in [3.63, 3.8) is 0 Å². The summed E-state index contributed by atoms with van der Waals surface area (Å²) in [6, 6.07) is 12.1. The number of amides is 1. The second-order valence-corrected chi connectivity index (χ2v) is 6.22. The van der Waals surface area contributed by atoms with E-state index in [1.807, 2.05) is 0 Å². The van der Waals surface area contributed by atoms with Gasteiger partial charge in [-0.2, -0.15) is 0 Å². The molecule has 0 spiro atoms. The molecule has 9 heteroatoms. The van der Waals surface area contributed by atoms with Crippen LogP contribution in [-0.2, 0) is 4.79 Å². The summed E-state index contributed by atoms with van der Waals surface area (Å²) in [5.41, 5.74) is 0.155. The van der Waals surface area contributed by atoms with Crippen LogP contribution in [0, 0.1) is 5.82 Å². The van der Waals surface area contributed by atoms with Gasteiger partial charge in [0.2, 0.25) is 0 Å². The number of carbonyl (C=O) groups is 2.